The molecule has 0 saturated carbocycles. The van der Waals surface area contributed by atoms with E-state index in [-0.39, 0.29) is 5.91 Å². The molecule has 32 heavy (non-hydrogen) atoms. The molecule has 0 radical (unpaired) electrons. The van der Waals surface area contributed by atoms with E-state index in [1.165, 1.54) is 7.11 Å². The minimum atomic E-state index is -0.281. The molecule has 4 aromatic carbocycles. The average molecular weight is 508 g/mol. The van der Waals surface area contributed by atoms with Crippen molar-refractivity contribution in [3.63, 3.8) is 0 Å². The number of nitrogens with zero attached hydrogens (tertiary/aromatic N) is 1. The molecular formula is C25H16BrClN2O3. The van der Waals surface area contributed by atoms with E-state index < -0.39 is 0 Å². The molecule has 1 N–H and O–H groups in total. The topological polar surface area (TPSA) is 64.4 Å². The van der Waals surface area contributed by atoms with Gasteiger partial charge in [-0.3, -0.25) is 4.79 Å². The summed E-state index contributed by atoms with van der Waals surface area (Å²) in [4.78, 5) is 17.3. The second-order valence-corrected chi connectivity index (χ2v) is 8.41. The summed E-state index contributed by atoms with van der Waals surface area (Å²) in [5.74, 6) is 0.755. The van der Waals surface area contributed by atoms with Gasteiger partial charge < -0.3 is 14.5 Å². The van der Waals surface area contributed by atoms with E-state index in [0.717, 1.165) is 20.8 Å². The summed E-state index contributed by atoms with van der Waals surface area (Å²) in [7, 11) is 1.53. The third-order valence-corrected chi connectivity index (χ3v) is 6.15. The van der Waals surface area contributed by atoms with Crippen molar-refractivity contribution in [2.24, 2.45) is 0 Å². The zero-order chi connectivity index (χ0) is 22.2. The predicted octanol–water partition coefficient (Wildman–Crippen LogP) is 7.32. The van der Waals surface area contributed by atoms with Gasteiger partial charge in [0.25, 0.3) is 5.91 Å². The number of hydrogen-bond donors (Lipinski definition) is 1. The lowest BCUT2D eigenvalue weighted by Crippen LogP contribution is -2.11. The van der Waals surface area contributed by atoms with Crippen LogP contribution in [0.3, 0.4) is 0 Å². The molecule has 0 unspecified atom stereocenters. The fourth-order valence-electron chi connectivity index (χ4n) is 3.59. The highest BCUT2D eigenvalue weighted by atomic mass is 79.9. The van der Waals surface area contributed by atoms with Crippen LogP contribution in [0.15, 0.2) is 81.7 Å². The molecule has 1 amide bonds. The molecular weight excluding hydrogens is 492 g/mol. The third-order valence-electron chi connectivity index (χ3n) is 5.16. The number of fused-ring (bicyclic) bond motifs is 2. The van der Waals surface area contributed by atoms with Crippen LogP contribution in [0.2, 0.25) is 5.02 Å². The van der Waals surface area contributed by atoms with Gasteiger partial charge in [0.2, 0.25) is 5.89 Å². The zero-order valence-corrected chi connectivity index (χ0v) is 19.2. The van der Waals surface area contributed by atoms with Crippen LogP contribution in [0.1, 0.15) is 10.4 Å². The van der Waals surface area contributed by atoms with Crippen molar-refractivity contribution in [2.45, 2.75) is 0 Å². The molecule has 0 atom stereocenters. The fourth-order valence-corrected chi connectivity index (χ4v) is 4.35. The number of nitrogens with one attached hydrogen (secondary N) is 1. The molecule has 5 rings (SSSR count). The van der Waals surface area contributed by atoms with Gasteiger partial charge in [-0.2, -0.15) is 0 Å². The smallest absolute Gasteiger partial charge is 0.255 e. The molecule has 0 bridgehead atoms. The molecule has 5 nitrogen and oxygen atoms in total. The zero-order valence-electron chi connectivity index (χ0n) is 16.9. The van der Waals surface area contributed by atoms with Gasteiger partial charge in [0.1, 0.15) is 11.3 Å². The second kappa shape index (κ2) is 8.30. The molecule has 0 aliphatic rings. The van der Waals surface area contributed by atoms with Gasteiger partial charge in [0, 0.05) is 21.3 Å². The van der Waals surface area contributed by atoms with E-state index >= 15 is 0 Å². The highest BCUT2D eigenvalue weighted by Gasteiger charge is 2.14. The fraction of sp³-hybridized carbons (Fsp3) is 0.0400. The molecule has 5 aromatic rings. The number of aromatic nitrogens is 1. The SMILES string of the molecule is COc1ccc(C(=O)Nc2ccc3oc(-c4cccc5c(Br)cccc45)nc3c2)cc1Cl. The van der Waals surface area contributed by atoms with Crippen molar-refractivity contribution in [3.05, 3.63) is 87.9 Å². The summed E-state index contributed by atoms with van der Waals surface area (Å²) in [6.07, 6.45) is 0. The van der Waals surface area contributed by atoms with E-state index in [1.807, 2.05) is 36.4 Å². The maximum Gasteiger partial charge on any atom is 0.255 e. The minimum absolute atomic E-state index is 0.281. The monoisotopic (exact) mass is 506 g/mol. The predicted molar refractivity (Wildman–Crippen MR) is 131 cm³/mol. The van der Waals surface area contributed by atoms with Crippen LogP contribution in [0.4, 0.5) is 5.69 Å². The normalized spacial score (nSPS) is 11.1. The number of rotatable bonds is 4. The number of hydrogen-bond acceptors (Lipinski definition) is 4. The van der Waals surface area contributed by atoms with Crippen molar-refractivity contribution in [2.75, 3.05) is 12.4 Å². The lowest BCUT2D eigenvalue weighted by Gasteiger charge is -2.07. The Bertz CT molecular complexity index is 1500. The molecule has 0 aliphatic heterocycles. The molecule has 0 spiro atoms. The van der Waals surface area contributed by atoms with Crippen molar-refractivity contribution in [3.8, 4) is 17.2 Å². The van der Waals surface area contributed by atoms with Crippen molar-refractivity contribution < 1.29 is 13.9 Å². The lowest BCUT2D eigenvalue weighted by molar-refractivity contribution is 0.102. The minimum Gasteiger partial charge on any atom is -0.495 e. The Morgan fingerprint density at radius 3 is 2.66 bits per heavy atom. The van der Waals surface area contributed by atoms with Crippen molar-refractivity contribution in [1.82, 2.24) is 4.98 Å². The number of anilines is 1. The van der Waals surface area contributed by atoms with Crippen LogP contribution < -0.4 is 10.1 Å². The van der Waals surface area contributed by atoms with Crippen LogP contribution in [0.5, 0.6) is 5.75 Å². The number of amides is 1. The number of benzene rings is 4. The first kappa shape index (κ1) is 20.5. The molecule has 7 heteroatoms. The lowest BCUT2D eigenvalue weighted by atomic mass is 10.0. The first-order valence-corrected chi connectivity index (χ1v) is 10.9. The molecule has 1 heterocycles. The van der Waals surface area contributed by atoms with Crippen LogP contribution >= 0.6 is 27.5 Å². The van der Waals surface area contributed by atoms with Crippen LogP contribution in [0, 0.1) is 0 Å². The van der Waals surface area contributed by atoms with Crippen LogP contribution in [-0.4, -0.2) is 18.0 Å². The summed E-state index contributed by atoms with van der Waals surface area (Å²) in [5, 5.41) is 5.37. The van der Waals surface area contributed by atoms with Crippen LogP contribution in [-0.2, 0) is 0 Å². The maximum absolute atomic E-state index is 12.6. The second-order valence-electron chi connectivity index (χ2n) is 7.15. The number of halogens is 2. The Kier molecular flexibility index (Phi) is 5.33. The van der Waals surface area contributed by atoms with Gasteiger partial charge in [-0.25, -0.2) is 4.98 Å². The first-order valence-electron chi connectivity index (χ1n) is 9.76. The molecule has 0 saturated heterocycles. The third kappa shape index (κ3) is 3.72. The van der Waals surface area contributed by atoms with E-state index in [1.54, 1.807) is 36.4 Å². The number of oxazole rings is 1. The Labute approximate surface area is 197 Å². The Balaban J connectivity index is 1.47. The van der Waals surface area contributed by atoms with Gasteiger partial charge in [0.05, 0.1) is 12.1 Å². The molecule has 0 aliphatic carbocycles. The summed E-state index contributed by atoms with van der Waals surface area (Å²) in [6, 6.07) is 22.3. The maximum atomic E-state index is 12.6. The number of methoxy groups -OCH3 is 1. The Morgan fingerprint density at radius 2 is 1.84 bits per heavy atom. The van der Waals surface area contributed by atoms with E-state index in [0.29, 0.717) is 39.0 Å². The Morgan fingerprint density at radius 1 is 1.03 bits per heavy atom. The molecule has 0 fully saturated rings. The summed E-state index contributed by atoms with van der Waals surface area (Å²) in [6.45, 7) is 0. The number of ether oxygens (including phenoxy) is 1. The summed E-state index contributed by atoms with van der Waals surface area (Å²) < 4.78 is 12.2. The summed E-state index contributed by atoms with van der Waals surface area (Å²) >= 11 is 9.73. The quantitative estimate of drug-likeness (QED) is 0.277. The van der Waals surface area contributed by atoms with Gasteiger partial charge >= 0.3 is 0 Å². The largest absolute Gasteiger partial charge is 0.495 e. The highest BCUT2D eigenvalue weighted by molar-refractivity contribution is 9.10. The highest BCUT2D eigenvalue weighted by Crippen LogP contribution is 2.34. The standard InChI is InChI=1S/C25H16BrClN2O3/c1-31-22-10-8-14(12-20(22)27)24(30)28-15-9-11-23-21(13-15)29-25(32-23)18-6-2-5-17-16(18)4-3-7-19(17)26/h2-13H,1H3,(H,28,30). The van der Waals surface area contributed by atoms with Gasteiger partial charge in [-0.1, -0.05) is 51.8 Å². The van der Waals surface area contributed by atoms with Gasteiger partial charge in [-0.15, -0.1) is 0 Å². The van der Waals surface area contributed by atoms with E-state index in [4.69, 9.17) is 20.8 Å². The van der Waals surface area contributed by atoms with Gasteiger partial charge in [0.15, 0.2) is 5.58 Å². The van der Waals surface area contributed by atoms with Crippen molar-refractivity contribution in [1.29, 1.82) is 0 Å². The first-order chi connectivity index (χ1) is 15.5. The average Bonchev–Trinajstić information content (AvgIpc) is 3.22. The number of carbonyl (C=O) groups excluding carboxylic acids is 1. The van der Waals surface area contributed by atoms with Gasteiger partial charge in [-0.05, 0) is 59.3 Å². The summed E-state index contributed by atoms with van der Waals surface area (Å²) in [5.41, 5.74) is 3.22. The van der Waals surface area contributed by atoms with E-state index in [9.17, 15) is 4.79 Å². The number of carbonyl (C=O) groups is 1. The van der Waals surface area contributed by atoms with Crippen LogP contribution in [0.25, 0.3) is 33.3 Å². The molecule has 158 valence electrons. The molecule has 1 aromatic heterocycles. The van der Waals surface area contributed by atoms with E-state index in [2.05, 4.69) is 26.2 Å². The Hall–Kier alpha value is -3.35. The van der Waals surface area contributed by atoms with Crippen molar-refractivity contribution >= 4 is 61.0 Å².